The molecule has 3 N–H and O–H groups in total. The van der Waals surface area contributed by atoms with Crippen LogP contribution in [-0.4, -0.2) is 57.8 Å². The third-order valence-corrected chi connectivity index (χ3v) is 9.00. The summed E-state index contributed by atoms with van der Waals surface area (Å²) in [5.74, 6) is 5.73. The molecule has 0 atom stereocenters. The summed E-state index contributed by atoms with van der Waals surface area (Å²) in [5, 5.41) is 6.19. The van der Waals surface area contributed by atoms with Gasteiger partial charge in [0.15, 0.2) is 0 Å². The Hall–Kier alpha value is -3.57. The highest BCUT2D eigenvalue weighted by Crippen LogP contribution is 2.23. The van der Waals surface area contributed by atoms with Crippen molar-refractivity contribution < 1.29 is 21.2 Å². The second kappa shape index (κ2) is 11.4. The summed E-state index contributed by atoms with van der Waals surface area (Å²) in [6, 6.07) is 10.3. The molecule has 4 rings (SSSR count). The second-order valence-corrected chi connectivity index (χ2v) is 12.4. The van der Waals surface area contributed by atoms with Gasteiger partial charge in [-0.25, -0.2) is 35.2 Å². The van der Waals surface area contributed by atoms with Crippen molar-refractivity contribution >= 4 is 37.5 Å². The average molecular weight is 559 g/mol. The van der Waals surface area contributed by atoms with E-state index in [1.807, 2.05) is 0 Å². The number of hydrogen-bond donors (Lipinski definition) is 3. The fraction of sp³-hybridized carbons (Fsp3) is 0.280. The van der Waals surface area contributed by atoms with Crippen LogP contribution in [0.2, 0.25) is 0 Å². The normalized spacial score (nSPS) is 15.4. The Morgan fingerprint density at radius 1 is 1.21 bits per heavy atom. The minimum absolute atomic E-state index is 0.0108. The minimum Gasteiger partial charge on any atom is -0.369 e. The molecule has 10 nitrogen and oxygen atoms in total. The van der Waals surface area contributed by atoms with Crippen LogP contribution in [0.1, 0.15) is 24.0 Å². The molecule has 38 heavy (non-hydrogen) atoms. The van der Waals surface area contributed by atoms with E-state index >= 15 is 0 Å². The first-order valence-electron chi connectivity index (χ1n) is 11.8. The zero-order chi connectivity index (χ0) is 27.3. The van der Waals surface area contributed by atoms with E-state index in [4.69, 9.17) is 0 Å². The second-order valence-electron chi connectivity index (χ2n) is 8.60. The molecule has 4 bridgehead atoms. The fourth-order valence-electron chi connectivity index (χ4n) is 3.64. The van der Waals surface area contributed by atoms with Crippen LogP contribution in [0.5, 0.6) is 0 Å². The number of fused-ring (bicyclic) bond motifs is 4. The van der Waals surface area contributed by atoms with E-state index in [9.17, 15) is 21.2 Å². The number of anilines is 3. The van der Waals surface area contributed by atoms with E-state index in [1.165, 1.54) is 41.8 Å². The van der Waals surface area contributed by atoms with Gasteiger partial charge in [-0.2, -0.15) is 4.98 Å². The lowest BCUT2D eigenvalue weighted by molar-refractivity contribution is 0.465. The molecule has 2 aromatic carbocycles. The molecule has 1 aromatic heterocycles. The van der Waals surface area contributed by atoms with Gasteiger partial charge in [0.1, 0.15) is 16.5 Å². The monoisotopic (exact) mass is 558 g/mol. The van der Waals surface area contributed by atoms with Gasteiger partial charge >= 0.3 is 0 Å². The van der Waals surface area contributed by atoms with Crippen molar-refractivity contribution in [2.45, 2.75) is 29.6 Å². The molecule has 3 aromatic rings. The number of halogens is 1. The smallest absolute Gasteiger partial charge is 0.243 e. The molecule has 0 amide bonds. The van der Waals surface area contributed by atoms with Crippen LogP contribution < -0.4 is 15.4 Å². The Kier molecular flexibility index (Phi) is 8.27. The highest BCUT2D eigenvalue weighted by Gasteiger charge is 2.21. The summed E-state index contributed by atoms with van der Waals surface area (Å²) in [7, 11) is -6.12. The van der Waals surface area contributed by atoms with Gasteiger partial charge in [0.25, 0.3) is 0 Å². The van der Waals surface area contributed by atoms with E-state index in [1.54, 1.807) is 19.1 Å². The van der Waals surface area contributed by atoms with Gasteiger partial charge in [0.2, 0.25) is 26.0 Å². The lowest BCUT2D eigenvalue weighted by atomic mass is 10.2. The SMILES string of the molecule is Cc1ccc(F)c(S(=O)(=O)NCCC#Cc2cnc3nc2NCCCN(C)S(=O)(=O)c2cccc(c2)N3)c1. The summed E-state index contributed by atoms with van der Waals surface area (Å²) in [5.41, 5.74) is 1.64. The summed E-state index contributed by atoms with van der Waals surface area (Å²) in [6.45, 7) is 2.41. The number of nitrogens with one attached hydrogen (secondary N) is 3. The average Bonchev–Trinajstić information content (AvgIpc) is 2.88. The maximum absolute atomic E-state index is 14.0. The molecule has 0 radical (unpaired) electrons. The van der Waals surface area contributed by atoms with Gasteiger partial charge < -0.3 is 10.6 Å². The Labute approximate surface area is 221 Å². The molecule has 1 aliphatic heterocycles. The van der Waals surface area contributed by atoms with Crippen molar-refractivity contribution in [2.75, 3.05) is 37.3 Å². The molecule has 0 unspecified atom stereocenters. The van der Waals surface area contributed by atoms with E-state index in [2.05, 4.69) is 37.2 Å². The quantitative estimate of drug-likeness (QED) is 0.329. The van der Waals surface area contributed by atoms with Gasteiger partial charge in [-0.15, -0.1) is 0 Å². The number of rotatable bonds is 4. The maximum Gasteiger partial charge on any atom is 0.243 e. The lowest BCUT2D eigenvalue weighted by Crippen LogP contribution is -2.29. The first-order valence-corrected chi connectivity index (χ1v) is 14.7. The minimum atomic E-state index is -4.01. The largest absolute Gasteiger partial charge is 0.369 e. The van der Waals surface area contributed by atoms with Gasteiger partial charge in [-0.05, 0) is 49.2 Å². The zero-order valence-electron chi connectivity index (χ0n) is 20.8. The van der Waals surface area contributed by atoms with E-state index in [0.717, 1.165) is 6.07 Å². The van der Waals surface area contributed by atoms with Crippen LogP contribution in [0, 0.1) is 24.6 Å². The van der Waals surface area contributed by atoms with E-state index in [0.29, 0.717) is 42.1 Å². The number of aromatic nitrogens is 2. The molecular weight excluding hydrogens is 531 g/mol. The van der Waals surface area contributed by atoms with Crippen molar-refractivity contribution in [2.24, 2.45) is 0 Å². The van der Waals surface area contributed by atoms with Crippen LogP contribution in [0.3, 0.4) is 0 Å². The number of benzene rings is 2. The van der Waals surface area contributed by atoms with Crippen molar-refractivity contribution in [3.8, 4) is 11.8 Å². The number of sulfonamides is 2. The van der Waals surface area contributed by atoms with E-state index in [-0.39, 0.29) is 23.8 Å². The molecule has 2 heterocycles. The molecule has 0 saturated carbocycles. The maximum atomic E-state index is 14.0. The third-order valence-electron chi connectivity index (χ3n) is 5.67. The highest BCUT2D eigenvalue weighted by molar-refractivity contribution is 7.89. The summed E-state index contributed by atoms with van der Waals surface area (Å²) in [4.78, 5) is 8.54. The first kappa shape index (κ1) is 27.5. The molecule has 0 fully saturated rings. The van der Waals surface area contributed by atoms with Crippen LogP contribution in [0.15, 0.2) is 58.5 Å². The van der Waals surface area contributed by atoms with Crippen LogP contribution in [-0.2, 0) is 20.0 Å². The van der Waals surface area contributed by atoms with E-state index < -0.39 is 30.8 Å². The molecule has 0 spiro atoms. The fourth-order valence-corrected chi connectivity index (χ4v) is 6.09. The van der Waals surface area contributed by atoms with Crippen LogP contribution >= 0.6 is 0 Å². The first-order chi connectivity index (χ1) is 18.1. The molecule has 200 valence electrons. The molecule has 0 aliphatic carbocycles. The summed E-state index contributed by atoms with van der Waals surface area (Å²) >= 11 is 0. The standard InChI is InChI=1S/C25H27FN6O4S2/c1-18-10-11-22(26)23(15-18)37(33,34)29-13-4-3-7-19-17-28-25-30-20-8-5-9-21(16-20)38(35,36)32(2)14-6-12-27-24(19)31-25/h5,8-11,15-17,29H,4,6,12-14H2,1-2H3,(H2,27,28,30,31). The van der Waals surface area contributed by atoms with Gasteiger partial charge in [0, 0.05) is 38.8 Å². The molecule has 13 heteroatoms. The van der Waals surface area contributed by atoms with Crippen molar-refractivity contribution in [1.29, 1.82) is 0 Å². The Balaban J connectivity index is 1.49. The Morgan fingerprint density at radius 3 is 2.84 bits per heavy atom. The van der Waals surface area contributed by atoms with Crippen molar-refractivity contribution in [3.63, 3.8) is 0 Å². The van der Waals surface area contributed by atoms with Crippen molar-refractivity contribution in [3.05, 3.63) is 65.6 Å². The van der Waals surface area contributed by atoms with Gasteiger partial charge in [-0.3, -0.25) is 0 Å². The predicted octanol–water partition coefficient (Wildman–Crippen LogP) is 2.82. The van der Waals surface area contributed by atoms with Gasteiger partial charge in [-0.1, -0.05) is 24.0 Å². The zero-order valence-corrected chi connectivity index (χ0v) is 22.5. The molecule has 1 aliphatic rings. The van der Waals surface area contributed by atoms with Gasteiger partial charge in [0.05, 0.1) is 16.7 Å². The number of nitrogens with zero attached hydrogens (tertiary/aromatic N) is 3. The van der Waals surface area contributed by atoms with Crippen molar-refractivity contribution in [1.82, 2.24) is 19.0 Å². The molecule has 0 saturated heterocycles. The number of aryl methyl sites for hydroxylation is 1. The summed E-state index contributed by atoms with van der Waals surface area (Å²) in [6.07, 6.45) is 2.22. The Morgan fingerprint density at radius 2 is 2.03 bits per heavy atom. The van der Waals surface area contributed by atoms with Crippen LogP contribution in [0.25, 0.3) is 0 Å². The molecular formula is C25H27FN6O4S2. The topological polar surface area (TPSA) is 133 Å². The number of hydrogen-bond acceptors (Lipinski definition) is 8. The highest BCUT2D eigenvalue weighted by atomic mass is 32.2. The summed E-state index contributed by atoms with van der Waals surface area (Å²) < 4.78 is 68.2. The Bertz CT molecular complexity index is 1620. The third kappa shape index (κ3) is 6.46. The lowest BCUT2D eigenvalue weighted by Gasteiger charge is -2.17. The van der Waals surface area contributed by atoms with Crippen LogP contribution in [0.4, 0.5) is 21.8 Å². The predicted molar refractivity (Wildman–Crippen MR) is 142 cm³/mol.